The van der Waals surface area contributed by atoms with Crippen molar-refractivity contribution in [2.24, 2.45) is 11.3 Å². The van der Waals surface area contributed by atoms with E-state index in [9.17, 15) is 5.11 Å². The summed E-state index contributed by atoms with van der Waals surface area (Å²) >= 11 is 0. The van der Waals surface area contributed by atoms with Crippen molar-refractivity contribution in [3.8, 4) is 5.75 Å². The van der Waals surface area contributed by atoms with Gasteiger partial charge in [0.1, 0.15) is 5.75 Å². The van der Waals surface area contributed by atoms with Gasteiger partial charge in [-0.2, -0.15) is 0 Å². The van der Waals surface area contributed by atoms with E-state index in [-0.39, 0.29) is 10.8 Å². The minimum atomic E-state index is -0.953. The lowest BCUT2D eigenvalue weighted by Gasteiger charge is -2.66. The van der Waals surface area contributed by atoms with E-state index in [2.05, 4.69) is 32.9 Å². The lowest BCUT2D eigenvalue weighted by Crippen LogP contribution is -2.69. The van der Waals surface area contributed by atoms with Crippen LogP contribution < -0.4 is 4.74 Å². The third kappa shape index (κ3) is 1.54. The van der Waals surface area contributed by atoms with Crippen LogP contribution in [0.2, 0.25) is 0 Å². The van der Waals surface area contributed by atoms with E-state index in [1.807, 2.05) is 0 Å². The SMILES string of the molecule is COc1cc2c(cc1C)CCC1C23CCC(O)(OC3)C1(C)C. The van der Waals surface area contributed by atoms with Crippen molar-refractivity contribution in [3.63, 3.8) is 0 Å². The van der Waals surface area contributed by atoms with E-state index in [1.54, 1.807) is 7.11 Å². The molecular formula is C19H26O3. The molecule has 0 amide bonds. The monoisotopic (exact) mass is 302 g/mol. The zero-order valence-corrected chi connectivity index (χ0v) is 14.0. The zero-order valence-electron chi connectivity index (χ0n) is 14.0. The van der Waals surface area contributed by atoms with E-state index in [4.69, 9.17) is 9.47 Å². The number of hydrogen-bond donors (Lipinski definition) is 1. The fourth-order valence-electron chi connectivity index (χ4n) is 5.51. The Kier molecular flexibility index (Phi) is 2.82. The van der Waals surface area contributed by atoms with Crippen LogP contribution in [-0.4, -0.2) is 24.6 Å². The lowest BCUT2D eigenvalue weighted by atomic mass is 9.46. The summed E-state index contributed by atoms with van der Waals surface area (Å²) in [6, 6.07) is 4.54. The van der Waals surface area contributed by atoms with Crippen molar-refractivity contribution >= 4 is 0 Å². The molecule has 4 aliphatic rings. The van der Waals surface area contributed by atoms with E-state index >= 15 is 0 Å². The second-order valence-electron chi connectivity index (χ2n) is 8.02. The maximum absolute atomic E-state index is 10.9. The van der Waals surface area contributed by atoms with Gasteiger partial charge >= 0.3 is 0 Å². The Hall–Kier alpha value is -1.06. The number of ether oxygens (including phenoxy) is 2. The number of hydrogen-bond acceptors (Lipinski definition) is 3. The van der Waals surface area contributed by atoms with Gasteiger partial charge in [0.15, 0.2) is 5.79 Å². The summed E-state index contributed by atoms with van der Waals surface area (Å²) in [4.78, 5) is 0. The fourth-order valence-corrected chi connectivity index (χ4v) is 5.51. The summed E-state index contributed by atoms with van der Waals surface area (Å²) in [7, 11) is 1.74. The number of aryl methyl sites for hydroxylation is 2. The minimum Gasteiger partial charge on any atom is -0.496 e. The van der Waals surface area contributed by atoms with Crippen LogP contribution in [-0.2, 0) is 16.6 Å². The van der Waals surface area contributed by atoms with Gasteiger partial charge in [0.05, 0.1) is 13.7 Å². The number of methoxy groups -OCH3 is 1. The van der Waals surface area contributed by atoms with Gasteiger partial charge in [0.2, 0.25) is 0 Å². The van der Waals surface area contributed by atoms with E-state index < -0.39 is 5.79 Å². The van der Waals surface area contributed by atoms with Gasteiger partial charge in [-0.05, 0) is 54.9 Å². The molecule has 2 bridgehead atoms. The molecule has 22 heavy (non-hydrogen) atoms. The summed E-state index contributed by atoms with van der Waals surface area (Å²) in [5, 5.41) is 10.9. The molecule has 2 saturated heterocycles. The van der Waals surface area contributed by atoms with Gasteiger partial charge in [-0.1, -0.05) is 19.9 Å². The average Bonchev–Trinajstić information content (AvgIpc) is 2.48. The Morgan fingerprint density at radius 2 is 2.05 bits per heavy atom. The molecule has 0 aromatic heterocycles. The molecule has 1 aromatic carbocycles. The summed E-state index contributed by atoms with van der Waals surface area (Å²) < 4.78 is 11.6. The van der Waals surface area contributed by atoms with Crippen molar-refractivity contribution < 1.29 is 14.6 Å². The topological polar surface area (TPSA) is 38.7 Å². The summed E-state index contributed by atoms with van der Waals surface area (Å²) in [5.74, 6) is 0.483. The second-order valence-corrected chi connectivity index (χ2v) is 8.02. The van der Waals surface area contributed by atoms with Gasteiger partial charge in [-0.15, -0.1) is 0 Å². The van der Waals surface area contributed by atoms with Crippen LogP contribution in [0, 0.1) is 18.3 Å². The maximum atomic E-state index is 10.9. The number of benzene rings is 1. The lowest BCUT2D eigenvalue weighted by molar-refractivity contribution is -0.356. The normalized spacial score (nSPS) is 38.3. The number of rotatable bonds is 1. The van der Waals surface area contributed by atoms with E-state index in [0.717, 1.165) is 31.4 Å². The van der Waals surface area contributed by atoms with Gasteiger partial charge in [0.25, 0.3) is 0 Å². The van der Waals surface area contributed by atoms with Crippen LogP contribution in [0.1, 0.15) is 49.8 Å². The molecule has 0 radical (unpaired) electrons. The van der Waals surface area contributed by atoms with Crippen molar-refractivity contribution in [1.29, 1.82) is 0 Å². The van der Waals surface area contributed by atoms with Crippen LogP contribution >= 0.6 is 0 Å². The van der Waals surface area contributed by atoms with Gasteiger partial charge < -0.3 is 14.6 Å². The number of fused-ring (bicyclic) bond motifs is 3. The Morgan fingerprint density at radius 3 is 2.68 bits per heavy atom. The molecule has 120 valence electrons. The Morgan fingerprint density at radius 1 is 1.27 bits per heavy atom. The quantitative estimate of drug-likeness (QED) is 0.864. The molecular weight excluding hydrogens is 276 g/mol. The maximum Gasteiger partial charge on any atom is 0.170 e. The molecule has 3 atom stereocenters. The zero-order chi connectivity index (χ0) is 15.8. The molecule has 2 heterocycles. The Labute approximate surface area is 132 Å². The first-order valence-electron chi connectivity index (χ1n) is 8.38. The van der Waals surface area contributed by atoms with Crippen LogP contribution in [0.5, 0.6) is 5.75 Å². The molecule has 5 rings (SSSR count). The summed E-state index contributed by atoms with van der Waals surface area (Å²) in [6.07, 6.45) is 3.96. The summed E-state index contributed by atoms with van der Waals surface area (Å²) in [6.45, 7) is 7.11. The molecule has 3 fully saturated rings. The van der Waals surface area contributed by atoms with E-state index in [1.165, 1.54) is 16.7 Å². The molecule has 1 N–H and O–H groups in total. The smallest absolute Gasteiger partial charge is 0.170 e. The second kappa shape index (κ2) is 4.27. The highest BCUT2D eigenvalue weighted by atomic mass is 16.6. The van der Waals surface area contributed by atoms with E-state index in [0.29, 0.717) is 12.5 Å². The largest absolute Gasteiger partial charge is 0.496 e. The van der Waals surface area contributed by atoms with Gasteiger partial charge in [-0.25, -0.2) is 0 Å². The molecule has 3 nitrogen and oxygen atoms in total. The van der Waals surface area contributed by atoms with Crippen molar-refractivity contribution in [1.82, 2.24) is 0 Å². The highest BCUT2D eigenvalue weighted by Gasteiger charge is 2.66. The predicted molar refractivity (Wildman–Crippen MR) is 85.1 cm³/mol. The first-order chi connectivity index (χ1) is 10.3. The van der Waals surface area contributed by atoms with Crippen molar-refractivity contribution in [2.45, 2.75) is 57.7 Å². The molecule has 2 aliphatic carbocycles. The summed E-state index contributed by atoms with van der Waals surface area (Å²) in [5.41, 5.74) is 3.89. The fraction of sp³-hybridized carbons (Fsp3) is 0.684. The van der Waals surface area contributed by atoms with Gasteiger partial charge in [-0.3, -0.25) is 0 Å². The molecule has 3 unspecified atom stereocenters. The third-order valence-corrected chi connectivity index (χ3v) is 6.88. The predicted octanol–water partition coefficient (Wildman–Crippen LogP) is 3.34. The highest BCUT2D eigenvalue weighted by molar-refractivity contribution is 5.49. The van der Waals surface area contributed by atoms with Crippen molar-refractivity contribution in [2.75, 3.05) is 13.7 Å². The average molecular weight is 302 g/mol. The Bertz CT molecular complexity index is 624. The van der Waals surface area contributed by atoms with Crippen LogP contribution in [0.4, 0.5) is 0 Å². The van der Waals surface area contributed by atoms with Gasteiger partial charge in [0, 0.05) is 17.3 Å². The highest BCUT2D eigenvalue weighted by Crippen LogP contribution is 2.64. The molecule has 1 spiro atoms. The first-order valence-corrected chi connectivity index (χ1v) is 8.38. The van der Waals surface area contributed by atoms with Crippen LogP contribution in [0.15, 0.2) is 12.1 Å². The Balaban J connectivity index is 1.91. The third-order valence-electron chi connectivity index (χ3n) is 6.88. The van der Waals surface area contributed by atoms with Crippen LogP contribution in [0.3, 0.4) is 0 Å². The van der Waals surface area contributed by atoms with Crippen LogP contribution in [0.25, 0.3) is 0 Å². The molecule has 1 aromatic rings. The first kappa shape index (κ1) is 14.5. The molecule has 3 heteroatoms. The number of aliphatic hydroxyl groups is 1. The standard InChI is InChI=1S/C19H26O3/c1-12-9-13-5-6-16-17(2,3)19(20)8-7-18(16,11-22-19)14(13)10-15(12)21-4/h9-10,16,20H,5-8,11H2,1-4H3. The van der Waals surface area contributed by atoms with Crippen molar-refractivity contribution in [3.05, 3.63) is 28.8 Å². The minimum absolute atomic E-state index is 0.0442. The molecule has 2 aliphatic heterocycles. The molecule has 1 saturated carbocycles.